The molecule has 0 aromatic carbocycles. The molecule has 1 aromatic heterocycles. The first kappa shape index (κ1) is 12.9. The van der Waals surface area contributed by atoms with Crippen molar-refractivity contribution in [2.45, 2.75) is 25.8 Å². The fourth-order valence-electron chi connectivity index (χ4n) is 1.83. The third-order valence-electron chi connectivity index (χ3n) is 2.84. The monoisotopic (exact) mass is 264 g/mol. The van der Waals surface area contributed by atoms with E-state index in [9.17, 15) is 19.7 Å². The lowest BCUT2D eigenvalue weighted by molar-refractivity contribution is -0.385. The average molecular weight is 264 g/mol. The Labute approximate surface area is 108 Å². The number of nitrogens with one attached hydrogen (secondary N) is 2. The van der Waals surface area contributed by atoms with Crippen LogP contribution < -0.4 is 10.6 Å². The highest BCUT2D eigenvalue weighted by Crippen LogP contribution is 2.20. The molecular formula is C11H12N4O4. The van der Waals surface area contributed by atoms with E-state index in [0.717, 1.165) is 6.20 Å². The molecule has 8 nitrogen and oxygen atoms in total. The molecule has 0 radical (unpaired) electrons. The summed E-state index contributed by atoms with van der Waals surface area (Å²) in [4.78, 5) is 36.6. The van der Waals surface area contributed by atoms with Gasteiger partial charge in [-0.2, -0.15) is 0 Å². The number of carbonyl (C=O) groups is 2. The number of hydrogen-bond donors (Lipinski definition) is 2. The summed E-state index contributed by atoms with van der Waals surface area (Å²) in [5.41, 5.74) is 0.378. The minimum Gasteiger partial charge on any atom is -0.358 e. The highest BCUT2D eigenvalue weighted by Gasteiger charge is 2.26. The predicted octanol–water partition coefficient (Wildman–Crippen LogP) is 0.515. The van der Waals surface area contributed by atoms with E-state index in [4.69, 9.17) is 0 Å². The van der Waals surface area contributed by atoms with Crippen molar-refractivity contribution in [1.82, 2.24) is 10.3 Å². The van der Waals surface area contributed by atoms with Gasteiger partial charge in [0.15, 0.2) is 0 Å². The van der Waals surface area contributed by atoms with Gasteiger partial charge < -0.3 is 5.32 Å². The van der Waals surface area contributed by atoms with E-state index in [1.165, 1.54) is 6.07 Å². The molecule has 1 aliphatic rings. The second kappa shape index (κ2) is 5.01. The molecule has 1 aromatic rings. The second-order valence-corrected chi connectivity index (χ2v) is 4.26. The summed E-state index contributed by atoms with van der Waals surface area (Å²) < 4.78 is 0. The Morgan fingerprint density at radius 3 is 2.84 bits per heavy atom. The number of nitro groups is 1. The van der Waals surface area contributed by atoms with Crippen molar-refractivity contribution in [3.63, 3.8) is 0 Å². The number of imide groups is 1. The number of nitrogens with zero attached hydrogens (tertiary/aromatic N) is 2. The lowest BCUT2D eigenvalue weighted by Crippen LogP contribution is -2.47. The Bertz CT molecular complexity index is 558. The van der Waals surface area contributed by atoms with Gasteiger partial charge in [0.05, 0.1) is 4.92 Å². The van der Waals surface area contributed by atoms with Crippen molar-refractivity contribution in [3.8, 4) is 0 Å². The van der Waals surface area contributed by atoms with E-state index >= 15 is 0 Å². The number of aryl methyl sites for hydroxylation is 1. The lowest BCUT2D eigenvalue weighted by atomic mass is 10.1. The Hall–Kier alpha value is -2.51. The summed E-state index contributed by atoms with van der Waals surface area (Å²) in [5.74, 6) is -0.331. The molecule has 8 heteroatoms. The quantitative estimate of drug-likeness (QED) is 0.467. The molecule has 0 spiro atoms. The van der Waals surface area contributed by atoms with Crippen LogP contribution in [0.1, 0.15) is 18.4 Å². The second-order valence-electron chi connectivity index (χ2n) is 4.26. The summed E-state index contributed by atoms with van der Waals surface area (Å²) in [6.07, 6.45) is 1.78. The number of rotatable bonds is 3. The Kier molecular flexibility index (Phi) is 3.41. The molecule has 0 bridgehead atoms. The number of aromatic nitrogens is 1. The maximum atomic E-state index is 11.5. The topological polar surface area (TPSA) is 114 Å². The van der Waals surface area contributed by atoms with Gasteiger partial charge >= 0.3 is 0 Å². The Morgan fingerprint density at radius 2 is 2.26 bits per heavy atom. The SMILES string of the molecule is Cc1cc(NC2CCC(=O)NC2=O)ncc1[N+](=O)[O-]. The lowest BCUT2D eigenvalue weighted by Gasteiger charge is -2.22. The molecular weight excluding hydrogens is 252 g/mol. The third-order valence-corrected chi connectivity index (χ3v) is 2.84. The minimum absolute atomic E-state index is 0.0752. The number of piperidine rings is 1. The van der Waals surface area contributed by atoms with Crippen LogP contribution in [0.5, 0.6) is 0 Å². The highest BCUT2D eigenvalue weighted by atomic mass is 16.6. The van der Waals surface area contributed by atoms with Crippen LogP contribution in [0.3, 0.4) is 0 Å². The summed E-state index contributed by atoms with van der Waals surface area (Å²) in [6, 6.07) is 0.952. The third kappa shape index (κ3) is 2.84. The maximum Gasteiger partial charge on any atom is 0.290 e. The van der Waals surface area contributed by atoms with Crippen LogP contribution in [-0.4, -0.2) is 27.8 Å². The van der Waals surface area contributed by atoms with Gasteiger partial charge in [-0.05, 0) is 19.4 Å². The van der Waals surface area contributed by atoms with E-state index in [-0.39, 0.29) is 18.0 Å². The number of amides is 2. The van der Waals surface area contributed by atoms with E-state index in [1.807, 2.05) is 0 Å². The van der Waals surface area contributed by atoms with Gasteiger partial charge in [-0.1, -0.05) is 0 Å². The first-order valence-electron chi connectivity index (χ1n) is 5.68. The standard InChI is InChI=1S/C11H12N4O4/c1-6-4-9(12-5-8(6)15(18)19)13-7-2-3-10(16)14-11(7)17/h4-5,7H,2-3H2,1H3,(H,12,13)(H,14,16,17). The molecule has 1 atom stereocenters. The number of carbonyl (C=O) groups excluding carboxylic acids is 2. The van der Waals surface area contributed by atoms with E-state index in [0.29, 0.717) is 17.8 Å². The first-order valence-corrected chi connectivity index (χ1v) is 5.68. The van der Waals surface area contributed by atoms with Gasteiger partial charge in [-0.25, -0.2) is 4.98 Å². The zero-order valence-corrected chi connectivity index (χ0v) is 10.2. The van der Waals surface area contributed by atoms with Crippen molar-refractivity contribution in [3.05, 3.63) is 27.9 Å². The number of pyridine rings is 1. The fraction of sp³-hybridized carbons (Fsp3) is 0.364. The fourth-order valence-corrected chi connectivity index (χ4v) is 1.83. The number of hydrogen-bond acceptors (Lipinski definition) is 6. The normalized spacial score (nSPS) is 18.9. The molecule has 2 N–H and O–H groups in total. The number of anilines is 1. The van der Waals surface area contributed by atoms with Crippen molar-refractivity contribution in [2.24, 2.45) is 0 Å². The molecule has 1 fully saturated rings. The van der Waals surface area contributed by atoms with Gasteiger partial charge in [-0.15, -0.1) is 0 Å². The minimum atomic E-state index is -0.550. The molecule has 0 aliphatic carbocycles. The van der Waals surface area contributed by atoms with Crippen molar-refractivity contribution < 1.29 is 14.5 Å². The smallest absolute Gasteiger partial charge is 0.290 e. The zero-order valence-electron chi connectivity index (χ0n) is 10.2. The maximum absolute atomic E-state index is 11.5. The summed E-state index contributed by atoms with van der Waals surface area (Å²) in [7, 11) is 0. The Balaban J connectivity index is 2.11. The van der Waals surface area contributed by atoms with Crippen LogP contribution in [-0.2, 0) is 9.59 Å². The van der Waals surface area contributed by atoms with E-state index in [2.05, 4.69) is 15.6 Å². The van der Waals surface area contributed by atoms with Crippen molar-refractivity contribution >= 4 is 23.3 Å². The molecule has 1 aliphatic heterocycles. The highest BCUT2D eigenvalue weighted by molar-refractivity contribution is 6.01. The molecule has 19 heavy (non-hydrogen) atoms. The molecule has 0 saturated carbocycles. The van der Waals surface area contributed by atoms with Gasteiger partial charge in [0.25, 0.3) is 5.69 Å². The van der Waals surface area contributed by atoms with E-state index in [1.54, 1.807) is 6.92 Å². The summed E-state index contributed by atoms with van der Waals surface area (Å²) in [5, 5.41) is 15.7. The van der Waals surface area contributed by atoms with Crippen LogP contribution in [0.4, 0.5) is 11.5 Å². The van der Waals surface area contributed by atoms with E-state index < -0.39 is 16.9 Å². The average Bonchev–Trinajstić information content (AvgIpc) is 2.32. The van der Waals surface area contributed by atoms with Crippen molar-refractivity contribution in [1.29, 1.82) is 0 Å². The van der Waals surface area contributed by atoms with Crippen molar-refractivity contribution in [2.75, 3.05) is 5.32 Å². The first-order chi connectivity index (χ1) is 8.97. The van der Waals surface area contributed by atoms with Gasteiger partial charge in [0, 0.05) is 12.0 Å². The van der Waals surface area contributed by atoms with Crippen LogP contribution in [0.2, 0.25) is 0 Å². The predicted molar refractivity (Wildman–Crippen MR) is 65.4 cm³/mol. The van der Waals surface area contributed by atoms with Gasteiger partial charge in [0.2, 0.25) is 11.8 Å². The van der Waals surface area contributed by atoms with Crippen LogP contribution in [0.15, 0.2) is 12.3 Å². The molecule has 1 saturated heterocycles. The molecule has 2 rings (SSSR count). The van der Waals surface area contributed by atoms with Crippen LogP contribution in [0, 0.1) is 17.0 Å². The Morgan fingerprint density at radius 1 is 1.53 bits per heavy atom. The molecule has 2 heterocycles. The van der Waals surface area contributed by atoms with Crippen LogP contribution in [0.25, 0.3) is 0 Å². The summed E-state index contributed by atoms with van der Waals surface area (Å²) >= 11 is 0. The summed E-state index contributed by atoms with van der Waals surface area (Å²) in [6.45, 7) is 1.59. The molecule has 1 unspecified atom stereocenters. The van der Waals surface area contributed by atoms with Gasteiger partial charge in [0.1, 0.15) is 18.1 Å². The van der Waals surface area contributed by atoms with Crippen LogP contribution >= 0.6 is 0 Å². The zero-order chi connectivity index (χ0) is 14.0. The largest absolute Gasteiger partial charge is 0.358 e. The molecule has 100 valence electrons. The molecule has 2 amide bonds. The van der Waals surface area contributed by atoms with Gasteiger partial charge in [-0.3, -0.25) is 25.0 Å².